The van der Waals surface area contributed by atoms with Gasteiger partial charge in [-0.15, -0.1) is 0 Å². The van der Waals surface area contributed by atoms with E-state index in [0.717, 1.165) is 0 Å². The van der Waals surface area contributed by atoms with E-state index < -0.39 is 12.1 Å². The Morgan fingerprint density at radius 1 is 1.38 bits per heavy atom. The number of rotatable bonds is 3. The molecule has 0 aromatic heterocycles. The van der Waals surface area contributed by atoms with Crippen molar-refractivity contribution in [3.05, 3.63) is 29.8 Å². The zero-order valence-corrected chi connectivity index (χ0v) is 8.73. The van der Waals surface area contributed by atoms with Gasteiger partial charge in [-0.25, -0.2) is 9.59 Å². The lowest BCUT2D eigenvalue weighted by Gasteiger charge is -2.07. The van der Waals surface area contributed by atoms with Gasteiger partial charge in [0, 0.05) is 0 Å². The molecule has 0 fully saturated rings. The van der Waals surface area contributed by atoms with Crippen molar-refractivity contribution >= 4 is 17.8 Å². The minimum absolute atomic E-state index is 0.142. The Bertz CT molecular complexity index is 392. The van der Waals surface area contributed by atoms with E-state index in [0.29, 0.717) is 5.69 Å². The third kappa shape index (κ3) is 2.96. The zero-order chi connectivity index (χ0) is 12.0. The molecule has 0 heterocycles. The van der Waals surface area contributed by atoms with Gasteiger partial charge < -0.3 is 14.9 Å². The first-order valence-corrected chi connectivity index (χ1v) is 4.63. The molecule has 0 radical (unpaired) electrons. The van der Waals surface area contributed by atoms with Gasteiger partial charge in [0.2, 0.25) is 0 Å². The molecule has 0 aliphatic carbocycles. The van der Waals surface area contributed by atoms with E-state index in [1.807, 2.05) is 0 Å². The predicted molar refractivity (Wildman–Crippen MR) is 56.7 cm³/mol. The van der Waals surface area contributed by atoms with E-state index in [1.54, 1.807) is 25.1 Å². The number of nitrogens with two attached hydrogens (primary N) is 1. The molecule has 6 heteroatoms. The van der Waals surface area contributed by atoms with E-state index in [-0.39, 0.29) is 12.2 Å². The maximum absolute atomic E-state index is 11.5. The van der Waals surface area contributed by atoms with E-state index in [1.165, 1.54) is 6.07 Å². The third-order valence-corrected chi connectivity index (χ3v) is 1.74. The van der Waals surface area contributed by atoms with E-state index >= 15 is 0 Å². The van der Waals surface area contributed by atoms with Gasteiger partial charge in [-0.3, -0.25) is 5.84 Å². The quantitative estimate of drug-likeness (QED) is 0.348. The normalized spacial score (nSPS) is 9.38. The number of para-hydroxylation sites is 1. The van der Waals surface area contributed by atoms with Crippen molar-refractivity contribution in [2.24, 2.45) is 5.84 Å². The van der Waals surface area contributed by atoms with Crippen LogP contribution in [0.15, 0.2) is 24.3 Å². The lowest BCUT2D eigenvalue weighted by Crippen LogP contribution is -2.17. The van der Waals surface area contributed by atoms with Crippen LogP contribution in [0.25, 0.3) is 0 Å². The third-order valence-electron chi connectivity index (χ3n) is 1.74. The standard InChI is InChI=1S/C10H12N2O4/c1-2-15-10(14)16-9(13)7-5-3-4-6-8(7)12-11/h3-6,12H,2,11H2,1H3. The summed E-state index contributed by atoms with van der Waals surface area (Å²) in [6, 6.07) is 6.39. The van der Waals surface area contributed by atoms with Crippen LogP contribution in [0.2, 0.25) is 0 Å². The predicted octanol–water partition coefficient (Wildman–Crippen LogP) is 1.29. The number of hydrogen-bond acceptors (Lipinski definition) is 6. The first-order chi connectivity index (χ1) is 7.69. The average molecular weight is 224 g/mol. The number of carbonyl (C=O) groups is 2. The van der Waals surface area contributed by atoms with Crippen molar-refractivity contribution < 1.29 is 19.1 Å². The molecule has 0 atom stereocenters. The van der Waals surface area contributed by atoms with E-state index in [9.17, 15) is 9.59 Å². The Hall–Kier alpha value is -2.08. The molecule has 1 aromatic carbocycles. The lowest BCUT2D eigenvalue weighted by molar-refractivity contribution is 0.0402. The number of carbonyl (C=O) groups excluding carboxylic acids is 2. The zero-order valence-electron chi connectivity index (χ0n) is 8.73. The van der Waals surface area contributed by atoms with Crippen LogP contribution in [0.1, 0.15) is 17.3 Å². The highest BCUT2D eigenvalue weighted by atomic mass is 16.7. The second kappa shape index (κ2) is 5.72. The maximum atomic E-state index is 11.5. The van der Waals surface area contributed by atoms with Gasteiger partial charge in [0.25, 0.3) is 0 Å². The van der Waals surface area contributed by atoms with Gasteiger partial charge in [-0.05, 0) is 19.1 Å². The second-order valence-electron chi connectivity index (χ2n) is 2.76. The molecule has 16 heavy (non-hydrogen) atoms. The van der Waals surface area contributed by atoms with Crippen LogP contribution < -0.4 is 11.3 Å². The van der Waals surface area contributed by atoms with Gasteiger partial charge in [0.05, 0.1) is 17.9 Å². The number of benzene rings is 1. The first-order valence-electron chi connectivity index (χ1n) is 4.63. The molecular weight excluding hydrogens is 212 g/mol. The molecule has 0 aliphatic heterocycles. The molecular formula is C10H12N2O4. The van der Waals surface area contributed by atoms with Gasteiger partial charge in [0.15, 0.2) is 0 Å². The van der Waals surface area contributed by atoms with Crippen LogP contribution >= 0.6 is 0 Å². The topological polar surface area (TPSA) is 90.6 Å². The van der Waals surface area contributed by atoms with Gasteiger partial charge in [0.1, 0.15) is 0 Å². The fraction of sp³-hybridized carbons (Fsp3) is 0.200. The highest BCUT2D eigenvalue weighted by molar-refractivity contribution is 5.99. The molecule has 0 amide bonds. The first kappa shape index (κ1) is 12.0. The van der Waals surface area contributed by atoms with Gasteiger partial charge in [-0.1, -0.05) is 12.1 Å². The Morgan fingerprint density at radius 2 is 2.06 bits per heavy atom. The smallest absolute Gasteiger partial charge is 0.434 e. The van der Waals surface area contributed by atoms with Crippen LogP contribution in [0, 0.1) is 0 Å². The Kier molecular flexibility index (Phi) is 4.28. The molecule has 0 unspecified atom stereocenters. The summed E-state index contributed by atoms with van der Waals surface area (Å²) in [7, 11) is 0. The number of ether oxygens (including phenoxy) is 2. The summed E-state index contributed by atoms with van der Waals surface area (Å²) < 4.78 is 8.90. The molecule has 6 nitrogen and oxygen atoms in total. The fourth-order valence-corrected chi connectivity index (χ4v) is 1.06. The summed E-state index contributed by atoms with van der Waals surface area (Å²) in [6.07, 6.45) is -1.03. The Labute approximate surface area is 92.3 Å². The van der Waals surface area contributed by atoms with Crippen LogP contribution in [0.4, 0.5) is 10.5 Å². The van der Waals surface area contributed by atoms with Crippen molar-refractivity contribution in [3.63, 3.8) is 0 Å². The Morgan fingerprint density at radius 3 is 2.69 bits per heavy atom. The number of nitrogen functional groups attached to an aromatic ring is 1. The summed E-state index contributed by atoms with van der Waals surface area (Å²) in [5.41, 5.74) is 2.87. The van der Waals surface area contributed by atoms with E-state index in [2.05, 4.69) is 14.9 Å². The van der Waals surface area contributed by atoms with Crippen LogP contribution in [0.3, 0.4) is 0 Å². The van der Waals surface area contributed by atoms with Crippen molar-refractivity contribution in [2.45, 2.75) is 6.92 Å². The number of nitrogens with one attached hydrogen (secondary N) is 1. The second-order valence-corrected chi connectivity index (χ2v) is 2.76. The summed E-state index contributed by atoms with van der Waals surface area (Å²) in [6.45, 7) is 1.75. The number of anilines is 1. The van der Waals surface area contributed by atoms with Gasteiger partial charge in [-0.2, -0.15) is 0 Å². The SMILES string of the molecule is CCOC(=O)OC(=O)c1ccccc1NN. The van der Waals surface area contributed by atoms with Crippen LogP contribution in [0.5, 0.6) is 0 Å². The monoisotopic (exact) mass is 224 g/mol. The molecule has 0 aliphatic rings. The average Bonchev–Trinajstić information content (AvgIpc) is 2.29. The largest absolute Gasteiger partial charge is 0.516 e. The van der Waals surface area contributed by atoms with Crippen molar-refractivity contribution in [1.29, 1.82) is 0 Å². The summed E-state index contributed by atoms with van der Waals surface area (Å²) >= 11 is 0. The molecule has 1 aromatic rings. The highest BCUT2D eigenvalue weighted by Gasteiger charge is 2.16. The molecule has 0 bridgehead atoms. The number of hydrogen-bond donors (Lipinski definition) is 2. The summed E-state index contributed by atoms with van der Waals surface area (Å²) in [5.74, 6) is 4.39. The van der Waals surface area contributed by atoms with Crippen molar-refractivity contribution in [3.8, 4) is 0 Å². The molecule has 0 spiro atoms. The van der Waals surface area contributed by atoms with Crippen molar-refractivity contribution in [2.75, 3.05) is 12.0 Å². The fourth-order valence-electron chi connectivity index (χ4n) is 1.06. The minimum Gasteiger partial charge on any atom is -0.434 e. The summed E-state index contributed by atoms with van der Waals surface area (Å²) in [5, 5.41) is 0. The number of hydrazine groups is 1. The summed E-state index contributed by atoms with van der Waals surface area (Å²) in [4.78, 5) is 22.4. The molecule has 3 N–H and O–H groups in total. The number of esters is 1. The molecule has 0 saturated carbocycles. The highest BCUT2D eigenvalue weighted by Crippen LogP contribution is 2.14. The minimum atomic E-state index is -1.03. The van der Waals surface area contributed by atoms with Crippen molar-refractivity contribution in [1.82, 2.24) is 0 Å². The molecule has 0 saturated heterocycles. The molecule has 1 rings (SSSR count). The molecule has 86 valence electrons. The van der Waals surface area contributed by atoms with Crippen LogP contribution in [-0.4, -0.2) is 18.7 Å². The Balaban J connectivity index is 2.76. The van der Waals surface area contributed by atoms with Gasteiger partial charge >= 0.3 is 12.1 Å². The maximum Gasteiger partial charge on any atom is 0.516 e. The lowest BCUT2D eigenvalue weighted by atomic mass is 10.2. The van der Waals surface area contributed by atoms with Crippen LogP contribution in [-0.2, 0) is 9.47 Å². The van der Waals surface area contributed by atoms with E-state index in [4.69, 9.17) is 5.84 Å².